The molecule has 0 radical (unpaired) electrons. The molecular formula is C11H20N4O2. The van der Waals surface area contributed by atoms with Crippen molar-refractivity contribution in [1.82, 2.24) is 20.2 Å². The molecule has 96 valence electrons. The van der Waals surface area contributed by atoms with Gasteiger partial charge in [0.25, 0.3) is 0 Å². The van der Waals surface area contributed by atoms with Gasteiger partial charge in [-0.1, -0.05) is 0 Å². The molecule has 0 atom stereocenters. The van der Waals surface area contributed by atoms with Crippen molar-refractivity contribution in [3.05, 3.63) is 18.2 Å². The number of nitrogens with one attached hydrogen (secondary N) is 2. The van der Waals surface area contributed by atoms with Gasteiger partial charge in [-0.3, -0.25) is 4.79 Å². The summed E-state index contributed by atoms with van der Waals surface area (Å²) in [5, 5.41) is 5.85. The Morgan fingerprint density at radius 1 is 1.59 bits per heavy atom. The van der Waals surface area contributed by atoms with E-state index in [0.29, 0.717) is 19.6 Å². The number of aryl methyl sites for hydroxylation is 1. The summed E-state index contributed by atoms with van der Waals surface area (Å²) >= 11 is 0. The fourth-order valence-electron chi connectivity index (χ4n) is 1.43. The third-order valence-electron chi connectivity index (χ3n) is 2.45. The molecule has 1 rings (SSSR count). The largest absolute Gasteiger partial charge is 0.383 e. The number of rotatable bonds is 8. The van der Waals surface area contributed by atoms with Crippen LogP contribution in [0.5, 0.6) is 0 Å². The van der Waals surface area contributed by atoms with Crippen LogP contribution in [0, 0.1) is 0 Å². The summed E-state index contributed by atoms with van der Waals surface area (Å²) in [6.45, 7) is 2.88. The summed E-state index contributed by atoms with van der Waals surface area (Å²) in [4.78, 5) is 15.2. The highest BCUT2D eigenvalue weighted by Crippen LogP contribution is 2.00. The molecular weight excluding hydrogens is 220 g/mol. The predicted octanol–water partition coefficient (Wildman–Crippen LogP) is -0.245. The molecule has 1 aromatic rings. The number of ether oxygens (including phenoxy) is 1. The Morgan fingerprint density at radius 2 is 2.41 bits per heavy atom. The number of methoxy groups -OCH3 is 1. The van der Waals surface area contributed by atoms with E-state index in [1.54, 1.807) is 20.5 Å². The van der Waals surface area contributed by atoms with E-state index in [1.165, 1.54) is 0 Å². The number of hydrogen-bond donors (Lipinski definition) is 2. The number of hydrogen-bond acceptors (Lipinski definition) is 4. The van der Waals surface area contributed by atoms with E-state index in [0.717, 1.165) is 18.8 Å². The van der Waals surface area contributed by atoms with Gasteiger partial charge in [-0.15, -0.1) is 0 Å². The van der Waals surface area contributed by atoms with Gasteiger partial charge in [0.1, 0.15) is 0 Å². The summed E-state index contributed by atoms with van der Waals surface area (Å²) in [6, 6.07) is 0. The summed E-state index contributed by atoms with van der Waals surface area (Å²) in [5.74, 6) is 0.0389. The van der Waals surface area contributed by atoms with Crippen LogP contribution in [0.4, 0.5) is 0 Å². The lowest BCUT2D eigenvalue weighted by Crippen LogP contribution is -2.22. The molecule has 0 aliphatic rings. The van der Waals surface area contributed by atoms with Crippen molar-refractivity contribution < 1.29 is 9.53 Å². The molecule has 0 aliphatic carbocycles. The maximum atomic E-state index is 11.1. The molecule has 0 spiro atoms. The zero-order chi connectivity index (χ0) is 12.5. The minimum atomic E-state index is 0.0389. The average molecular weight is 240 g/mol. The first-order valence-corrected chi connectivity index (χ1v) is 5.67. The second-order valence-electron chi connectivity index (χ2n) is 3.67. The highest BCUT2D eigenvalue weighted by molar-refractivity contribution is 5.75. The Kier molecular flexibility index (Phi) is 6.27. The first-order chi connectivity index (χ1) is 8.27. The molecule has 6 nitrogen and oxygen atoms in total. The third kappa shape index (κ3) is 4.97. The molecule has 0 unspecified atom stereocenters. The fraction of sp³-hybridized carbons (Fsp3) is 0.636. The summed E-state index contributed by atoms with van der Waals surface area (Å²) < 4.78 is 6.93. The van der Waals surface area contributed by atoms with E-state index in [2.05, 4.69) is 15.6 Å². The molecule has 0 bridgehead atoms. The minimum absolute atomic E-state index is 0.0389. The van der Waals surface area contributed by atoms with E-state index in [4.69, 9.17) is 4.74 Å². The Labute approximate surface area is 101 Å². The normalized spacial score (nSPS) is 10.5. The minimum Gasteiger partial charge on any atom is -0.383 e. The molecule has 0 saturated heterocycles. The maximum Gasteiger partial charge on any atom is 0.221 e. The van der Waals surface area contributed by atoms with Gasteiger partial charge in [-0.25, -0.2) is 4.98 Å². The smallest absolute Gasteiger partial charge is 0.221 e. The lowest BCUT2D eigenvalue weighted by atomic mass is 10.3. The zero-order valence-electron chi connectivity index (χ0n) is 10.4. The first kappa shape index (κ1) is 13.7. The van der Waals surface area contributed by atoms with Crippen LogP contribution in [0.3, 0.4) is 0 Å². The van der Waals surface area contributed by atoms with Crippen molar-refractivity contribution in [2.45, 2.75) is 19.5 Å². The van der Waals surface area contributed by atoms with Crippen molar-refractivity contribution >= 4 is 5.91 Å². The first-order valence-electron chi connectivity index (χ1n) is 5.67. The molecule has 0 fully saturated rings. The fourth-order valence-corrected chi connectivity index (χ4v) is 1.43. The van der Waals surface area contributed by atoms with Crippen molar-refractivity contribution in [1.29, 1.82) is 0 Å². The zero-order valence-corrected chi connectivity index (χ0v) is 10.4. The van der Waals surface area contributed by atoms with Gasteiger partial charge in [-0.05, 0) is 0 Å². The standard InChI is InChI=1S/C11H20N4O2/c1-12-11(16)3-5-15-9-14-8-10(15)7-13-4-6-17-2/h8-9,13H,3-7H2,1-2H3,(H,12,16). The van der Waals surface area contributed by atoms with E-state index < -0.39 is 0 Å². The van der Waals surface area contributed by atoms with Crippen LogP contribution in [-0.4, -0.2) is 42.8 Å². The lowest BCUT2D eigenvalue weighted by Gasteiger charge is -2.08. The van der Waals surface area contributed by atoms with Crippen LogP contribution in [-0.2, 0) is 22.6 Å². The lowest BCUT2D eigenvalue weighted by molar-refractivity contribution is -0.120. The van der Waals surface area contributed by atoms with E-state index in [-0.39, 0.29) is 5.91 Å². The molecule has 17 heavy (non-hydrogen) atoms. The maximum absolute atomic E-state index is 11.1. The van der Waals surface area contributed by atoms with Gasteiger partial charge in [-0.2, -0.15) is 0 Å². The predicted molar refractivity (Wildman–Crippen MR) is 64.5 cm³/mol. The SMILES string of the molecule is CNC(=O)CCn1cncc1CNCCOC. The van der Waals surface area contributed by atoms with Crippen LogP contribution in [0.25, 0.3) is 0 Å². The number of carbonyl (C=O) groups excluding carboxylic acids is 1. The van der Waals surface area contributed by atoms with Crippen LogP contribution < -0.4 is 10.6 Å². The Hall–Kier alpha value is -1.40. The van der Waals surface area contributed by atoms with Crippen LogP contribution >= 0.6 is 0 Å². The third-order valence-corrected chi connectivity index (χ3v) is 2.45. The molecule has 0 saturated carbocycles. The summed E-state index contributed by atoms with van der Waals surface area (Å²) in [7, 11) is 3.32. The van der Waals surface area contributed by atoms with E-state index in [1.807, 2.05) is 10.8 Å². The van der Waals surface area contributed by atoms with Crippen molar-refractivity contribution in [2.24, 2.45) is 0 Å². The number of imidazole rings is 1. The molecule has 1 heterocycles. The van der Waals surface area contributed by atoms with Gasteiger partial charge in [0.2, 0.25) is 5.91 Å². The van der Waals surface area contributed by atoms with Gasteiger partial charge in [0.05, 0.1) is 18.6 Å². The molecule has 6 heteroatoms. The van der Waals surface area contributed by atoms with E-state index in [9.17, 15) is 4.79 Å². The summed E-state index contributed by atoms with van der Waals surface area (Å²) in [6.07, 6.45) is 4.03. The number of aromatic nitrogens is 2. The van der Waals surface area contributed by atoms with Crippen LogP contribution in [0.2, 0.25) is 0 Å². The molecule has 0 aromatic carbocycles. The van der Waals surface area contributed by atoms with Crippen molar-refractivity contribution in [2.75, 3.05) is 27.3 Å². The van der Waals surface area contributed by atoms with Gasteiger partial charge < -0.3 is 19.9 Å². The molecule has 1 aromatic heterocycles. The molecule has 1 amide bonds. The number of amides is 1. The average Bonchev–Trinajstić information content (AvgIpc) is 2.79. The molecule has 2 N–H and O–H groups in total. The highest BCUT2D eigenvalue weighted by Gasteiger charge is 2.03. The Morgan fingerprint density at radius 3 is 3.12 bits per heavy atom. The number of carbonyl (C=O) groups is 1. The van der Waals surface area contributed by atoms with E-state index >= 15 is 0 Å². The van der Waals surface area contributed by atoms with Gasteiger partial charge in [0, 0.05) is 46.4 Å². The highest BCUT2D eigenvalue weighted by atomic mass is 16.5. The molecule has 0 aliphatic heterocycles. The monoisotopic (exact) mass is 240 g/mol. The second-order valence-corrected chi connectivity index (χ2v) is 3.67. The topological polar surface area (TPSA) is 68.2 Å². The number of nitrogens with zero attached hydrogens (tertiary/aromatic N) is 2. The van der Waals surface area contributed by atoms with Crippen molar-refractivity contribution in [3.8, 4) is 0 Å². The van der Waals surface area contributed by atoms with Crippen LogP contribution in [0.1, 0.15) is 12.1 Å². The quantitative estimate of drug-likeness (QED) is 0.615. The van der Waals surface area contributed by atoms with Gasteiger partial charge in [0.15, 0.2) is 0 Å². The second kappa shape index (κ2) is 7.81. The van der Waals surface area contributed by atoms with Crippen LogP contribution in [0.15, 0.2) is 12.5 Å². The van der Waals surface area contributed by atoms with Crippen molar-refractivity contribution in [3.63, 3.8) is 0 Å². The Balaban J connectivity index is 2.34. The summed E-state index contributed by atoms with van der Waals surface area (Å²) in [5.41, 5.74) is 1.07. The Bertz CT molecular complexity index is 338. The van der Waals surface area contributed by atoms with Gasteiger partial charge >= 0.3 is 0 Å².